The average molecular weight is 495 g/mol. The van der Waals surface area contributed by atoms with Crippen LogP contribution in [0.3, 0.4) is 0 Å². The minimum Gasteiger partial charge on any atom is -0.446 e. The van der Waals surface area contributed by atoms with E-state index in [-0.39, 0.29) is 0 Å². The van der Waals surface area contributed by atoms with E-state index < -0.39 is 0 Å². The Morgan fingerprint density at radius 1 is 1.03 bits per heavy atom. The molecule has 0 bridgehead atoms. The Morgan fingerprint density at radius 2 is 1.87 bits per heavy atom. The number of hydrogen-bond donors (Lipinski definition) is 0. The van der Waals surface area contributed by atoms with Crippen LogP contribution in [0.15, 0.2) is 69.0 Å². The largest absolute Gasteiger partial charge is 0.446 e. The molecular weight excluding hydrogens is 476 g/mol. The number of rotatable bonds is 6. The lowest BCUT2D eigenvalue weighted by Crippen LogP contribution is -2.04. The van der Waals surface area contributed by atoms with Crippen LogP contribution in [0.2, 0.25) is 0 Å². The monoisotopic (exact) mass is 494 g/mol. The highest BCUT2D eigenvalue weighted by Gasteiger charge is 2.18. The van der Waals surface area contributed by atoms with Crippen molar-refractivity contribution in [2.75, 3.05) is 0 Å². The second-order valence-electron chi connectivity index (χ2n) is 7.21. The van der Waals surface area contributed by atoms with Gasteiger partial charge in [-0.15, -0.1) is 10.2 Å². The summed E-state index contributed by atoms with van der Waals surface area (Å²) in [6.45, 7) is 4.69. The summed E-state index contributed by atoms with van der Waals surface area (Å²) in [6.07, 6.45) is 2.03. The number of thioether (sulfide) groups is 1. The maximum atomic E-state index is 5.75. The van der Waals surface area contributed by atoms with Crippen molar-refractivity contribution >= 4 is 33.5 Å². The summed E-state index contributed by atoms with van der Waals surface area (Å²) in [5.74, 6) is 2.75. The van der Waals surface area contributed by atoms with E-state index in [2.05, 4.69) is 65.8 Å². The zero-order chi connectivity index (χ0) is 21.4. The number of benzene rings is 1. The van der Waals surface area contributed by atoms with E-state index >= 15 is 0 Å². The molecule has 0 aliphatic rings. The van der Waals surface area contributed by atoms with Crippen molar-refractivity contribution in [1.29, 1.82) is 0 Å². The average Bonchev–Trinajstić information content (AvgIpc) is 3.46. The van der Waals surface area contributed by atoms with E-state index in [9.17, 15) is 0 Å². The van der Waals surface area contributed by atoms with Crippen LogP contribution >= 0.6 is 27.7 Å². The first-order valence-electron chi connectivity index (χ1n) is 9.75. The summed E-state index contributed by atoms with van der Waals surface area (Å²) >= 11 is 4.97. The molecule has 0 fully saturated rings. The van der Waals surface area contributed by atoms with Crippen LogP contribution in [-0.4, -0.2) is 29.1 Å². The quantitative estimate of drug-likeness (QED) is 0.298. The van der Waals surface area contributed by atoms with Gasteiger partial charge in [-0.2, -0.15) is 0 Å². The van der Waals surface area contributed by atoms with Crippen LogP contribution in [0.25, 0.3) is 17.4 Å². The molecule has 0 unspecified atom stereocenters. The maximum Gasteiger partial charge on any atom is 0.234 e. The fraction of sp³-hybridized carbons (Fsp3) is 0.182. The lowest BCUT2D eigenvalue weighted by Gasteiger charge is -2.09. The molecule has 0 atom stereocenters. The van der Waals surface area contributed by atoms with Gasteiger partial charge in [0.05, 0.1) is 12.2 Å². The Bertz CT molecular complexity index is 1360. The molecule has 31 heavy (non-hydrogen) atoms. The molecule has 0 radical (unpaired) electrons. The molecule has 4 aromatic heterocycles. The second kappa shape index (κ2) is 8.32. The SMILES string of the molecule is Cc1cc(C)n2cc(CSc3nnc(-c4ccc(Br)o4)n3Cc3ccccc3)nc2n1. The number of aromatic nitrogens is 6. The summed E-state index contributed by atoms with van der Waals surface area (Å²) in [5, 5.41) is 9.67. The van der Waals surface area contributed by atoms with Crippen molar-refractivity contribution in [1.82, 2.24) is 29.1 Å². The number of nitrogens with zero attached hydrogens (tertiary/aromatic N) is 6. The maximum absolute atomic E-state index is 5.75. The molecule has 156 valence electrons. The third-order valence-corrected chi connectivity index (χ3v) is 6.28. The van der Waals surface area contributed by atoms with Crippen LogP contribution in [0.4, 0.5) is 0 Å². The van der Waals surface area contributed by atoms with Gasteiger partial charge in [-0.1, -0.05) is 42.1 Å². The fourth-order valence-corrected chi connectivity index (χ4v) is 4.58. The first kappa shape index (κ1) is 20.0. The molecule has 0 spiro atoms. The number of halogens is 1. The third kappa shape index (κ3) is 4.15. The first-order chi connectivity index (χ1) is 15.1. The fourth-order valence-electron chi connectivity index (χ4n) is 3.45. The van der Waals surface area contributed by atoms with E-state index in [1.54, 1.807) is 11.8 Å². The molecule has 5 aromatic rings. The zero-order valence-corrected chi connectivity index (χ0v) is 19.4. The lowest BCUT2D eigenvalue weighted by atomic mass is 10.2. The summed E-state index contributed by atoms with van der Waals surface area (Å²) in [5.41, 5.74) is 4.19. The molecule has 0 aliphatic heterocycles. The molecule has 1 aromatic carbocycles. The van der Waals surface area contributed by atoms with E-state index in [0.717, 1.165) is 28.0 Å². The van der Waals surface area contributed by atoms with Crippen LogP contribution < -0.4 is 0 Å². The van der Waals surface area contributed by atoms with Crippen molar-refractivity contribution < 1.29 is 4.42 Å². The minimum atomic E-state index is 0.648. The van der Waals surface area contributed by atoms with Gasteiger partial charge in [0.2, 0.25) is 11.6 Å². The van der Waals surface area contributed by atoms with Gasteiger partial charge in [0.1, 0.15) is 0 Å². The van der Waals surface area contributed by atoms with Crippen LogP contribution in [0.5, 0.6) is 0 Å². The van der Waals surface area contributed by atoms with Gasteiger partial charge in [-0.3, -0.25) is 8.97 Å². The third-order valence-electron chi connectivity index (χ3n) is 4.85. The van der Waals surface area contributed by atoms with Crippen molar-refractivity contribution in [2.24, 2.45) is 0 Å². The lowest BCUT2D eigenvalue weighted by molar-refractivity contribution is 0.545. The topological polar surface area (TPSA) is 74.0 Å². The molecule has 0 N–H and O–H groups in total. The number of imidazole rings is 1. The Morgan fingerprint density at radius 3 is 2.65 bits per heavy atom. The molecule has 0 saturated carbocycles. The van der Waals surface area contributed by atoms with Crippen molar-refractivity contribution in [3.8, 4) is 11.6 Å². The number of hydrogen-bond acceptors (Lipinski definition) is 6. The van der Waals surface area contributed by atoms with E-state index in [1.807, 2.05) is 47.9 Å². The number of fused-ring (bicyclic) bond motifs is 1. The predicted octanol–water partition coefficient (Wildman–Crippen LogP) is 5.30. The molecule has 5 rings (SSSR count). The van der Waals surface area contributed by atoms with Crippen LogP contribution in [0.1, 0.15) is 22.6 Å². The summed E-state index contributed by atoms with van der Waals surface area (Å²) in [4.78, 5) is 9.20. The summed E-state index contributed by atoms with van der Waals surface area (Å²) < 4.78 is 10.5. The predicted molar refractivity (Wildman–Crippen MR) is 123 cm³/mol. The Balaban J connectivity index is 1.46. The van der Waals surface area contributed by atoms with Crippen LogP contribution in [-0.2, 0) is 12.3 Å². The highest BCUT2D eigenvalue weighted by Crippen LogP contribution is 2.29. The highest BCUT2D eigenvalue weighted by atomic mass is 79.9. The standard InChI is InChI=1S/C22H19BrN6OS/c1-14-10-15(2)28-12-17(25-21(28)24-14)13-31-22-27-26-20(18-8-9-19(23)30-18)29(22)11-16-6-4-3-5-7-16/h3-10,12H,11,13H2,1-2H3. The van der Waals surface area contributed by atoms with Gasteiger partial charge in [-0.05, 0) is 53.5 Å². The zero-order valence-electron chi connectivity index (χ0n) is 17.0. The molecule has 0 saturated heterocycles. The molecule has 4 heterocycles. The number of furan rings is 1. The van der Waals surface area contributed by atoms with Gasteiger partial charge in [0.15, 0.2) is 15.6 Å². The Kier molecular flexibility index (Phi) is 5.37. The van der Waals surface area contributed by atoms with Crippen LogP contribution in [0, 0.1) is 13.8 Å². The molecule has 7 nitrogen and oxygen atoms in total. The molecule has 0 aliphatic carbocycles. The highest BCUT2D eigenvalue weighted by molar-refractivity contribution is 9.10. The first-order valence-corrected chi connectivity index (χ1v) is 11.5. The number of aryl methyl sites for hydroxylation is 2. The van der Waals surface area contributed by atoms with Crippen molar-refractivity contribution in [3.05, 3.63) is 82.0 Å². The van der Waals surface area contributed by atoms with Gasteiger partial charge in [0.25, 0.3) is 0 Å². The van der Waals surface area contributed by atoms with Gasteiger partial charge in [-0.25, -0.2) is 9.97 Å². The molecule has 0 amide bonds. The van der Waals surface area contributed by atoms with Crippen molar-refractivity contribution in [3.63, 3.8) is 0 Å². The molecular formula is C22H19BrN6OS. The Labute approximate surface area is 191 Å². The second-order valence-corrected chi connectivity index (χ2v) is 8.94. The van der Waals surface area contributed by atoms with E-state index in [1.165, 1.54) is 5.56 Å². The van der Waals surface area contributed by atoms with Crippen molar-refractivity contribution in [2.45, 2.75) is 31.3 Å². The van der Waals surface area contributed by atoms with Gasteiger partial charge in [0, 0.05) is 23.3 Å². The van der Waals surface area contributed by atoms with E-state index in [0.29, 0.717) is 28.6 Å². The van der Waals surface area contributed by atoms with Gasteiger partial charge < -0.3 is 4.42 Å². The molecule has 9 heteroatoms. The Hall–Kier alpha value is -2.91. The summed E-state index contributed by atoms with van der Waals surface area (Å²) in [7, 11) is 0. The summed E-state index contributed by atoms with van der Waals surface area (Å²) in [6, 6.07) is 16.1. The van der Waals surface area contributed by atoms with Gasteiger partial charge >= 0.3 is 0 Å². The van der Waals surface area contributed by atoms with E-state index in [4.69, 9.17) is 4.42 Å². The normalized spacial score (nSPS) is 11.5. The minimum absolute atomic E-state index is 0.648. The smallest absolute Gasteiger partial charge is 0.234 e.